The number of benzene rings is 1. The number of anilines is 2. The minimum absolute atomic E-state index is 0.0425. The van der Waals surface area contributed by atoms with Crippen molar-refractivity contribution in [3.05, 3.63) is 83.0 Å². The van der Waals surface area contributed by atoms with Gasteiger partial charge in [0.2, 0.25) is 21.8 Å². The predicted molar refractivity (Wildman–Crippen MR) is 171 cm³/mol. The Kier molecular flexibility index (Phi) is 9.54. The maximum Gasteiger partial charge on any atom is 0.249 e. The molecule has 13 heteroatoms. The topological polar surface area (TPSA) is 141 Å². The summed E-state index contributed by atoms with van der Waals surface area (Å²) in [6, 6.07) is 16.7. The number of hydrogen-bond acceptors (Lipinski definition) is 10. The molecule has 5 rings (SSSR count). The van der Waals surface area contributed by atoms with Gasteiger partial charge in [0.25, 0.3) is 0 Å². The number of rotatable bonds is 14. The zero-order chi connectivity index (χ0) is 31.5. The maximum absolute atomic E-state index is 13.6. The summed E-state index contributed by atoms with van der Waals surface area (Å²) >= 11 is 6.94. The molecule has 0 aliphatic heterocycles. The van der Waals surface area contributed by atoms with Crippen LogP contribution in [0.1, 0.15) is 37.4 Å². The third kappa shape index (κ3) is 7.37. The van der Waals surface area contributed by atoms with Crippen LogP contribution in [0.15, 0.2) is 65.2 Å². The van der Waals surface area contributed by atoms with E-state index in [9.17, 15) is 8.42 Å². The molecule has 234 valence electrons. The van der Waals surface area contributed by atoms with Crippen LogP contribution in [0.2, 0.25) is 5.02 Å². The molecule has 0 radical (unpaired) electrons. The number of aromatic nitrogens is 4. The molecule has 1 aliphatic rings. The van der Waals surface area contributed by atoms with Crippen molar-refractivity contribution in [2.24, 2.45) is 17.6 Å². The fourth-order valence-electron chi connectivity index (χ4n) is 5.02. The lowest BCUT2D eigenvalue weighted by Gasteiger charge is -2.27. The van der Waals surface area contributed by atoms with Crippen molar-refractivity contribution in [3.63, 3.8) is 0 Å². The molecular weight excluding hydrogens is 602 g/mol. The van der Waals surface area contributed by atoms with E-state index in [-0.39, 0.29) is 28.4 Å². The molecule has 44 heavy (non-hydrogen) atoms. The average Bonchev–Trinajstić information content (AvgIpc) is 3.46. The highest BCUT2D eigenvalue weighted by Gasteiger charge is 2.36. The summed E-state index contributed by atoms with van der Waals surface area (Å²) in [7, 11) is -0.856. The van der Waals surface area contributed by atoms with Gasteiger partial charge in [-0.05, 0) is 55.4 Å². The van der Waals surface area contributed by atoms with Gasteiger partial charge in [-0.15, -0.1) is 10.2 Å². The lowest BCUT2D eigenvalue weighted by Crippen LogP contribution is -2.35. The zero-order valence-electron chi connectivity index (χ0n) is 25.4. The fourth-order valence-corrected chi connectivity index (χ4v) is 6.51. The number of sulfonamides is 1. The first-order chi connectivity index (χ1) is 21.0. The second-order valence-corrected chi connectivity index (χ2v) is 14.0. The van der Waals surface area contributed by atoms with Crippen molar-refractivity contribution in [1.29, 1.82) is 0 Å². The molecule has 1 saturated carbocycles. The van der Waals surface area contributed by atoms with Gasteiger partial charge in [-0.3, -0.25) is 9.29 Å². The van der Waals surface area contributed by atoms with Crippen LogP contribution in [0, 0.1) is 11.8 Å². The van der Waals surface area contributed by atoms with E-state index in [2.05, 4.69) is 27.0 Å². The molecule has 0 saturated heterocycles. The minimum Gasteiger partial charge on any atom is -0.419 e. The molecule has 3 heterocycles. The fraction of sp³-hybridized carbons (Fsp3) is 0.419. The van der Waals surface area contributed by atoms with Gasteiger partial charge in [-0.2, -0.15) is 0 Å². The Balaban J connectivity index is 1.56. The predicted octanol–water partition coefficient (Wildman–Crippen LogP) is 4.67. The first kappa shape index (κ1) is 31.8. The Hall–Kier alpha value is -3.58. The van der Waals surface area contributed by atoms with Crippen LogP contribution in [-0.2, 0) is 32.5 Å². The summed E-state index contributed by atoms with van der Waals surface area (Å²) in [4.78, 5) is 11.1. The van der Waals surface area contributed by atoms with E-state index in [1.807, 2.05) is 37.3 Å². The third-order valence-electron chi connectivity index (χ3n) is 7.88. The molecule has 1 aromatic carbocycles. The van der Waals surface area contributed by atoms with Crippen molar-refractivity contribution >= 4 is 33.3 Å². The largest absolute Gasteiger partial charge is 0.419 e. The monoisotopic (exact) mass is 639 g/mol. The van der Waals surface area contributed by atoms with Crippen LogP contribution in [0.4, 0.5) is 11.6 Å². The van der Waals surface area contributed by atoms with Crippen molar-refractivity contribution in [3.8, 4) is 11.5 Å². The Labute approximate surface area is 263 Å². The summed E-state index contributed by atoms with van der Waals surface area (Å²) < 4.78 is 39.8. The van der Waals surface area contributed by atoms with Gasteiger partial charge in [0.15, 0.2) is 5.82 Å². The third-order valence-corrected chi connectivity index (χ3v) is 9.92. The van der Waals surface area contributed by atoms with Gasteiger partial charge in [0.1, 0.15) is 11.6 Å². The number of hydrogen-bond donors (Lipinski definition) is 1. The maximum atomic E-state index is 13.6. The highest BCUT2D eigenvalue weighted by molar-refractivity contribution is 7.92. The van der Waals surface area contributed by atoms with Crippen LogP contribution in [-0.4, -0.2) is 62.4 Å². The van der Waals surface area contributed by atoms with Gasteiger partial charge >= 0.3 is 0 Å². The van der Waals surface area contributed by atoms with E-state index in [0.717, 1.165) is 22.8 Å². The summed E-state index contributed by atoms with van der Waals surface area (Å²) in [6.07, 6.45) is 3.13. The molecule has 1 fully saturated rings. The molecule has 4 aromatic rings. The standard InChI is InChI=1S/C31H38ClN7O4S/c1-21-16-23(21)19-39(14-15-42-4)26-17-25(29-36-37-30(43-29)31(2,33)18-22-10-6-5-7-11-22)27(32)28(35-26)38(3)44(40,41)20-24-12-8-9-13-34-24/h5-13,17,21,23H,14-16,18-20,33H2,1-4H3/t21?,23?,31-/m1/s1. The first-order valence-electron chi connectivity index (χ1n) is 14.5. The summed E-state index contributed by atoms with van der Waals surface area (Å²) in [5, 5.41) is 8.64. The van der Waals surface area contributed by atoms with Crippen molar-refractivity contribution in [2.75, 3.05) is 43.1 Å². The number of nitrogens with zero attached hydrogens (tertiary/aromatic N) is 6. The van der Waals surface area contributed by atoms with Crippen molar-refractivity contribution in [2.45, 2.75) is 38.0 Å². The number of methoxy groups -OCH3 is 1. The molecule has 11 nitrogen and oxygen atoms in total. The average molecular weight is 640 g/mol. The second-order valence-electron chi connectivity index (χ2n) is 11.6. The lowest BCUT2D eigenvalue weighted by atomic mass is 9.94. The number of pyridine rings is 2. The van der Waals surface area contributed by atoms with Gasteiger partial charge in [0, 0.05) is 33.4 Å². The molecular formula is C31H38ClN7O4S. The lowest BCUT2D eigenvalue weighted by molar-refractivity contribution is 0.204. The van der Waals surface area contributed by atoms with Gasteiger partial charge in [-0.1, -0.05) is 54.9 Å². The normalized spacial score (nSPS) is 17.7. The second kappa shape index (κ2) is 13.2. The highest BCUT2D eigenvalue weighted by Crippen LogP contribution is 2.42. The van der Waals surface area contributed by atoms with E-state index in [0.29, 0.717) is 48.5 Å². The quantitative estimate of drug-likeness (QED) is 0.207. The molecule has 3 aromatic heterocycles. The molecule has 1 aliphatic carbocycles. The summed E-state index contributed by atoms with van der Waals surface area (Å²) in [5.74, 6) is 1.67. The van der Waals surface area contributed by atoms with Crippen molar-refractivity contribution < 1.29 is 17.6 Å². The molecule has 0 spiro atoms. The van der Waals surface area contributed by atoms with Crippen LogP contribution in [0.3, 0.4) is 0 Å². The van der Waals surface area contributed by atoms with Gasteiger partial charge < -0.3 is 19.8 Å². The minimum atomic E-state index is -3.93. The van der Waals surface area contributed by atoms with Crippen molar-refractivity contribution in [1.82, 2.24) is 20.2 Å². The van der Waals surface area contributed by atoms with E-state index < -0.39 is 15.6 Å². The Bertz CT molecular complexity index is 1670. The van der Waals surface area contributed by atoms with Crippen LogP contribution in [0.25, 0.3) is 11.5 Å². The van der Waals surface area contributed by atoms with E-state index in [4.69, 9.17) is 31.5 Å². The molecule has 0 bridgehead atoms. The SMILES string of the molecule is COCCN(CC1CC1C)c1cc(-c2nnc([C@](C)(N)Cc3ccccc3)o2)c(Cl)c(N(C)S(=O)(=O)Cc2ccccn2)n1. The molecule has 2 unspecified atom stereocenters. The first-order valence-corrected chi connectivity index (χ1v) is 16.5. The van der Waals surface area contributed by atoms with Gasteiger partial charge in [-0.25, -0.2) is 13.4 Å². The number of halogens is 1. The Morgan fingerprint density at radius 2 is 1.89 bits per heavy atom. The molecule has 2 N–H and O–H groups in total. The van der Waals surface area contributed by atoms with Crippen LogP contribution >= 0.6 is 11.6 Å². The highest BCUT2D eigenvalue weighted by atomic mass is 35.5. The smallest absolute Gasteiger partial charge is 0.249 e. The Morgan fingerprint density at radius 1 is 1.16 bits per heavy atom. The summed E-state index contributed by atoms with van der Waals surface area (Å²) in [6.45, 7) is 5.77. The van der Waals surface area contributed by atoms with Crippen LogP contribution < -0.4 is 14.9 Å². The molecule has 0 amide bonds. The Morgan fingerprint density at radius 3 is 2.55 bits per heavy atom. The number of ether oxygens (including phenoxy) is 1. The van der Waals surface area contributed by atoms with E-state index >= 15 is 0 Å². The molecule has 3 atom stereocenters. The van der Waals surface area contributed by atoms with Gasteiger partial charge in [0.05, 0.1) is 28.4 Å². The van der Waals surface area contributed by atoms with E-state index in [1.54, 1.807) is 37.6 Å². The van der Waals surface area contributed by atoms with E-state index in [1.165, 1.54) is 7.05 Å². The summed E-state index contributed by atoms with van der Waals surface area (Å²) in [5.41, 5.74) is 7.47. The zero-order valence-corrected chi connectivity index (χ0v) is 26.9. The number of nitrogens with two attached hydrogens (primary N) is 1. The van der Waals surface area contributed by atoms with Crippen LogP contribution in [0.5, 0.6) is 0 Å².